The van der Waals surface area contributed by atoms with Gasteiger partial charge in [-0.1, -0.05) is 0 Å². The van der Waals surface area contributed by atoms with E-state index in [9.17, 15) is 0 Å². The Kier molecular flexibility index (Phi) is 6.45. The first-order valence-corrected chi connectivity index (χ1v) is 10.9. The maximum Gasteiger partial charge on any atom is 0.227 e. The molecule has 0 radical (unpaired) electrons. The first-order valence-electron chi connectivity index (χ1n) is 10.9. The molecule has 0 unspecified atom stereocenters. The predicted octanol–water partition coefficient (Wildman–Crippen LogP) is 2.76. The summed E-state index contributed by atoms with van der Waals surface area (Å²) < 4.78 is 5.47. The molecule has 0 bridgehead atoms. The summed E-state index contributed by atoms with van der Waals surface area (Å²) in [7, 11) is 0. The molecule has 0 spiro atoms. The van der Waals surface area contributed by atoms with E-state index in [0.717, 1.165) is 69.3 Å². The minimum Gasteiger partial charge on any atom is -0.381 e. The molecule has 0 amide bonds. The third-order valence-electron chi connectivity index (χ3n) is 6.28. The summed E-state index contributed by atoms with van der Waals surface area (Å²) in [5.41, 5.74) is 1.08. The van der Waals surface area contributed by atoms with Gasteiger partial charge in [0.05, 0.1) is 0 Å². The van der Waals surface area contributed by atoms with Gasteiger partial charge in [0.15, 0.2) is 0 Å². The van der Waals surface area contributed by atoms with Gasteiger partial charge >= 0.3 is 0 Å². The molecular formula is C21H35N5O. The van der Waals surface area contributed by atoms with Crippen LogP contribution in [-0.4, -0.2) is 61.9 Å². The minimum absolute atomic E-state index is 0.655. The van der Waals surface area contributed by atoms with Crippen LogP contribution < -0.4 is 15.1 Å². The Morgan fingerprint density at radius 3 is 2.63 bits per heavy atom. The molecule has 1 aromatic rings. The quantitative estimate of drug-likeness (QED) is 0.742. The Bertz CT molecular complexity index is 590. The smallest absolute Gasteiger partial charge is 0.227 e. The van der Waals surface area contributed by atoms with Crippen molar-refractivity contribution in [2.45, 2.75) is 57.9 Å². The van der Waals surface area contributed by atoms with Crippen molar-refractivity contribution >= 4 is 11.8 Å². The molecular weight excluding hydrogens is 338 g/mol. The van der Waals surface area contributed by atoms with Gasteiger partial charge in [-0.15, -0.1) is 0 Å². The number of ether oxygens (including phenoxy) is 1. The number of nitrogens with one attached hydrogen (secondary N) is 1. The highest BCUT2D eigenvalue weighted by molar-refractivity contribution is 5.46. The van der Waals surface area contributed by atoms with Crippen molar-refractivity contribution in [3.05, 3.63) is 11.8 Å². The maximum atomic E-state index is 5.47. The Morgan fingerprint density at radius 2 is 1.89 bits per heavy atom. The highest BCUT2D eigenvalue weighted by Crippen LogP contribution is 2.23. The van der Waals surface area contributed by atoms with Crippen molar-refractivity contribution in [1.82, 2.24) is 15.3 Å². The molecule has 4 rings (SSSR count). The van der Waals surface area contributed by atoms with Crippen LogP contribution in [0.4, 0.5) is 11.8 Å². The van der Waals surface area contributed by atoms with Crippen molar-refractivity contribution in [3.8, 4) is 0 Å². The third kappa shape index (κ3) is 5.11. The van der Waals surface area contributed by atoms with E-state index >= 15 is 0 Å². The van der Waals surface area contributed by atoms with E-state index in [-0.39, 0.29) is 0 Å². The van der Waals surface area contributed by atoms with Gasteiger partial charge in [0.2, 0.25) is 5.95 Å². The topological polar surface area (TPSA) is 53.5 Å². The number of aromatic nitrogens is 2. The summed E-state index contributed by atoms with van der Waals surface area (Å²) in [6.45, 7) is 9.56. The lowest BCUT2D eigenvalue weighted by atomic mass is 10.0. The molecule has 3 aliphatic heterocycles. The van der Waals surface area contributed by atoms with Crippen molar-refractivity contribution in [1.29, 1.82) is 0 Å². The van der Waals surface area contributed by atoms with Crippen LogP contribution in [-0.2, 0) is 4.74 Å². The van der Waals surface area contributed by atoms with Crippen LogP contribution in [0, 0.1) is 12.8 Å². The average molecular weight is 374 g/mol. The number of hydrogen-bond acceptors (Lipinski definition) is 6. The SMILES string of the molecule is Cc1cc(N2CCC(NCCC[C@@H]3CCOC3)CC2)nc(N2CCCC2)n1. The number of aryl methyl sites for hydroxylation is 1. The summed E-state index contributed by atoms with van der Waals surface area (Å²) in [5.74, 6) is 2.85. The second kappa shape index (κ2) is 9.20. The molecule has 6 heteroatoms. The van der Waals surface area contributed by atoms with Gasteiger partial charge < -0.3 is 19.9 Å². The largest absolute Gasteiger partial charge is 0.381 e. The standard InChI is InChI=1S/C21H35N5O/c1-17-15-20(24-21(23-17)26-10-2-3-11-26)25-12-6-19(7-13-25)22-9-4-5-18-8-14-27-16-18/h15,18-19,22H,2-14,16H2,1H3/t18-/m1/s1. The van der Waals surface area contributed by atoms with Crippen molar-refractivity contribution < 1.29 is 4.74 Å². The van der Waals surface area contributed by atoms with Crippen LogP contribution in [0.25, 0.3) is 0 Å². The number of piperidine rings is 1. The summed E-state index contributed by atoms with van der Waals surface area (Å²) >= 11 is 0. The lowest BCUT2D eigenvalue weighted by Crippen LogP contribution is -2.43. The summed E-state index contributed by atoms with van der Waals surface area (Å²) in [4.78, 5) is 14.3. The molecule has 0 aromatic carbocycles. The van der Waals surface area contributed by atoms with Crippen LogP contribution in [0.15, 0.2) is 6.07 Å². The zero-order valence-electron chi connectivity index (χ0n) is 16.8. The summed E-state index contributed by atoms with van der Waals surface area (Å²) in [6, 6.07) is 2.80. The van der Waals surface area contributed by atoms with Crippen LogP contribution >= 0.6 is 0 Å². The third-order valence-corrected chi connectivity index (χ3v) is 6.28. The molecule has 3 fully saturated rings. The molecule has 1 aromatic heterocycles. The normalized spacial score (nSPS) is 24.1. The van der Waals surface area contributed by atoms with E-state index in [1.807, 2.05) is 0 Å². The Hall–Kier alpha value is -1.40. The van der Waals surface area contributed by atoms with Gasteiger partial charge in [-0.25, -0.2) is 4.98 Å². The van der Waals surface area contributed by atoms with Crippen LogP contribution in [0.2, 0.25) is 0 Å². The van der Waals surface area contributed by atoms with Crippen molar-refractivity contribution in [3.63, 3.8) is 0 Å². The first-order chi connectivity index (χ1) is 13.3. The summed E-state index contributed by atoms with van der Waals surface area (Å²) in [6.07, 6.45) is 8.78. The average Bonchev–Trinajstić information content (AvgIpc) is 3.39. The monoisotopic (exact) mass is 373 g/mol. The molecule has 3 aliphatic rings. The molecule has 6 nitrogen and oxygen atoms in total. The van der Waals surface area contributed by atoms with E-state index in [0.29, 0.717) is 6.04 Å². The molecule has 0 saturated carbocycles. The number of rotatable bonds is 7. The maximum absolute atomic E-state index is 5.47. The van der Waals surface area contributed by atoms with Gasteiger partial charge in [0.1, 0.15) is 5.82 Å². The van der Waals surface area contributed by atoms with Gasteiger partial charge in [0.25, 0.3) is 0 Å². The lowest BCUT2D eigenvalue weighted by Gasteiger charge is -2.34. The van der Waals surface area contributed by atoms with E-state index in [2.05, 4.69) is 33.1 Å². The van der Waals surface area contributed by atoms with Crippen molar-refractivity contribution in [2.75, 3.05) is 55.7 Å². The predicted molar refractivity (Wildman–Crippen MR) is 110 cm³/mol. The Balaban J connectivity index is 1.22. The molecule has 1 atom stereocenters. The fraction of sp³-hybridized carbons (Fsp3) is 0.810. The van der Waals surface area contributed by atoms with Crippen LogP contribution in [0.1, 0.15) is 50.6 Å². The van der Waals surface area contributed by atoms with E-state index in [1.165, 1.54) is 44.9 Å². The zero-order valence-corrected chi connectivity index (χ0v) is 16.8. The lowest BCUT2D eigenvalue weighted by molar-refractivity contribution is 0.183. The van der Waals surface area contributed by atoms with Gasteiger partial charge in [-0.05, 0) is 64.3 Å². The van der Waals surface area contributed by atoms with Crippen LogP contribution in [0.3, 0.4) is 0 Å². The second-order valence-corrected chi connectivity index (χ2v) is 8.45. The number of nitrogens with zero attached hydrogens (tertiary/aromatic N) is 4. The Morgan fingerprint density at radius 1 is 1.07 bits per heavy atom. The molecule has 3 saturated heterocycles. The van der Waals surface area contributed by atoms with Gasteiger partial charge in [-0.2, -0.15) is 4.98 Å². The molecule has 150 valence electrons. The van der Waals surface area contributed by atoms with E-state index < -0.39 is 0 Å². The minimum atomic E-state index is 0.655. The van der Waals surface area contributed by atoms with Crippen LogP contribution in [0.5, 0.6) is 0 Å². The molecule has 27 heavy (non-hydrogen) atoms. The second-order valence-electron chi connectivity index (χ2n) is 8.45. The van der Waals surface area contributed by atoms with E-state index in [4.69, 9.17) is 9.72 Å². The summed E-state index contributed by atoms with van der Waals surface area (Å²) in [5, 5.41) is 3.78. The number of hydrogen-bond donors (Lipinski definition) is 1. The van der Waals surface area contributed by atoms with Crippen molar-refractivity contribution in [2.24, 2.45) is 5.92 Å². The molecule has 0 aliphatic carbocycles. The zero-order chi connectivity index (χ0) is 18.5. The fourth-order valence-electron chi connectivity index (χ4n) is 4.58. The number of anilines is 2. The molecule has 1 N–H and O–H groups in total. The highest BCUT2D eigenvalue weighted by atomic mass is 16.5. The molecule has 4 heterocycles. The fourth-order valence-corrected chi connectivity index (χ4v) is 4.58. The highest BCUT2D eigenvalue weighted by Gasteiger charge is 2.22. The first kappa shape index (κ1) is 18.9. The van der Waals surface area contributed by atoms with E-state index in [1.54, 1.807) is 0 Å². The van der Waals surface area contributed by atoms with Gasteiger partial charge in [0, 0.05) is 57.2 Å². The van der Waals surface area contributed by atoms with Gasteiger partial charge in [-0.3, -0.25) is 0 Å². The Labute approximate surface area is 163 Å².